The molecule has 1 atom stereocenters. The molecule has 0 aromatic heterocycles. The van der Waals surface area contributed by atoms with Crippen LogP contribution in [0.5, 0.6) is 0 Å². The molecule has 0 aliphatic carbocycles. The first-order valence-corrected chi connectivity index (χ1v) is 10.1. The van der Waals surface area contributed by atoms with Crippen molar-refractivity contribution in [1.82, 2.24) is 5.32 Å². The quantitative estimate of drug-likeness (QED) is 0.247. The molecule has 1 aromatic rings. The zero-order valence-electron chi connectivity index (χ0n) is 17.5. The highest BCUT2D eigenvalue weighted by molar-refractivity contribution is 5.99. The molecule has 0 amide bonds. The number of allylic oxidation sites excluding steroid dienone is 2. The summed E-state index contributed by atoms with van der Waals surface area (Å²) < 4.78 is 5.25. The first-order valence-electron chi connectivity index (χ1n) is 10.1. The second kappa shape index (κ2) is 10.9. The molecule has 1 aliphatic heterocycles. The number of hydrogen-bond acceptors (Lipinski definition) is 7. The predicted molar refractivity (Wildman–Crippen MR) is 112 cm³/mol. The molecule has 0 radical (unpaired) electrons. The van der Waals surface area contributed by atoms with Crippen LogP contribution in [0.4, 0.5) is 5.69 Å². The highest BCUT2D eigenvalue weighted by Gasteiger charge is 2.38. The van der Waals surface area contributed by atoms with Crippen LogP contribution in [-0.4, -0.2) is 28.6 Å². The number of nitro groups is 1. The SMILES string of the molecule is CCCC1=C(C(=O)O)C(c2ccc([N+](=O)[O-])cc2)C(C(=O)OCCC#N)=C(CCC)N1. The van der Waals surface area contributed by atoms with Crippen molar-refractivity contribution in [3.8, 4) is 6.07 Å². The van der Waals surface area contributed by atoms with Gasteiger partial charge >= 0.3 is 11.9 Å². The number of carboxylic acid groups (broad SMARTS) is 1. The number of rotatable bonds is 10. The first-order chi connectivity index (χ1) is 14.8. The average molecular weight is 427 g/mol. The number of dihydropyridines is 1. The zero-order valence-corrected chi connectivity index (χ0v) is 17.5. The molecule has 1 heterocycles. The lowest BCUT2D eigenvalue weighted by Gasteiger charge is -2.32. The Morgan fingerprint density at radius 2 is 1.74 bits per heavy atom. The largest absolute Gasteiger partial charge is 0.478 e. The van der Waals surface area contributed by atoms with Crippen molar-refractivity contribution < 1.29 is 24.4 Å². The fourth-order valence-electron chi connectivity index (χ4n) is 3.59. The van der Waals surface area contributed by atoms with E-state index in [1.165, 1.54) is 24.3 Å². The normalized spacial score (nSPS) is 15.8. The van der Waals surface area contributed by atoms with Crippen LogP contribution < -0.4 is 5.32 Å². The van der Waals surface area contributed by atoms with E-state index >= 15 is 0 Å². The number of nitriles is 1. The molecule has 0 spiro atoms. The number of non-ortho nitro benzene ring substituents is 1. The van der Waals surface area contributed by atoms with Gasteiger partial charge in [-0.3, -0.25) is 10.1 Å². The number of esters is 1. The van der Waals surface area contributed by atoms with E-state index in [4.69, 9.17) is 10.00 Å². The maximum atomic E-state index is 13.0. The lowest BCUT2D eigenvalue weighted by Crippen LogP contribution is -2.33. The van der Waals surface area contributed by atoms with Gasteiger partial charge in [-0.2, -0.15) is 5.26 Å². The molecule has 2 N–H and O–H groups in total. The lowest BCUT2D eigenvalue weighted by molar-refractivity contribution is -0.384. The van der Waals surface area contributed by atoms with E-state index in [-0.39, 0.29) is 29.9 Å². The molecular formula is C22H25N3O6. The molecule has 1 unspecified atom stereocenters. The van der Waals surface area contributed by atoms with Crippen molar-refractivity contribution in [2.24, 2.45) is 0 Å². The van der Waals surface area contributed by atoms with Crippen LogP contribution in [0.15, 0.2) is 46.8 Å². The number of nitrogens with zero attached hydrogens (tertiary/aromatic N) is 2. The van der Waals surface area contributed by atoms with E-state index < -0.39 is 22.8 Å². The topological polar surface area (TPSA) is 143 Å². The number of carboxylic acids is 1. The number of carbonyl (C=O) groups is 2. The van der Waals surface area contributed by atoms with Crippen LogP contribution >= 0.6 is 0 Å². The molecular weight excluding hydrogens is 402 g/mol. The van der Waals surface area contributed by atoms with Crippen LogP contribution in [0.25, 0.3) is 0 Å². The third kappa shape index (κ3) is 5.48. The van der Waals surface area contributed by atoms with E-state index in [1.54, 1.807) is 0 Å². The number of aliphatic carboxylic acids is 1. The van der Waals surface area contributed by atoms with Crippen LogP contribution in [0.1, 0.15) is 57.4 Å². The van der Waals surface area contributed by atoms with E-state index in [0.717, 1.165) is 0 Å². The molecule has 0 saturated carbocycles. The average Bonchev–Trinajstić information content (AvgIpc) is 2.73. The Morgan fingerprint density at radius 1 is 1.16 bits per heavy atom. The highest BCUT2D eigenvalue weighted by Crippen LogP contribution is 2.41. The Hall–Kier alpha value is -3.67. The Balaban J connectivity index is 2.68. The number of ether oxygens (including phenoxy) is 1. The van der Waals surface area contributed by atoms with Crippen LogP contribution in [0, 0.1) is 21.4 Å². The Morgan fingerprint density at radius 3 is 2.23 bits per heavy atom. The maximum Gasteiger partial charge on any atom is 0.336 e. The number of nitro benzene ring substituents is 1. The van der Waals surface area contributed by atoms with Gasteiger partial charge in [-0.15, -0.1) is 0 Å². The van der Waals surface area contributed by atoms with Gasteiger partial charge in [-0.05, 0) is 18.4 Å². The molecule has 31 heavy (non-hydrogen) atoms. The van der Waals surface area contributed by atoms with Gasteiger partial charge in [0.05, 0.1) is 34.5 Å². The van der Waals surface area contributed by atoms with Gasteiger partial charge in [-0.25, -0.2) is 9.59 Å². The van der Waals surface area contributed by atoms with Crippen LogP contribution in [-0.2, 0) is 14.3 Å². The molecule has 0 saturated heterocycles. The van der Waals surface area contributed by atoms with E-state index in [0.29, 0.717) is 42.6 Å². The second-order valence-electron chi connectivity index (χ2n) is 7.04. The second-order valence-corrected chi connectivity index (χ2v) is 7.04. The van der Waals surface area contributed by atoms with Crippen molar-refractivity contribution >= 4 is 17.6 Å². The third-order valence-corrected chi connectivity index (χ3v) is 4.86. The standard InChI is InChI=1S/C22H25N3O6/c1-3-6-16-19(21(26)27)18(14-8-10-15(11-9-14)25(29)30)20(17(24-16)7-4-2)22(28)31-13-5-12-23/h8-11,18,24H,3-7,13H2,1-2H3,(H,26,27). The Kier molecular flexibility index (Phi) is 8.32. The van der Waals surface area contributed by atoms with Gasteiger partial charge in [0.1, 0.15) is 6.61 Å². The Bertz CT molecular complexity index is 956. The van der Waals surface area contributed by atoms with E-state index in [2.05, 4.69) is 5.32 Å². The minimum atomic E-state index is -1.18. The summed E-state index contributed by atoms with van der Waals surface area (Å²) in [5, 5.41) is 32.9. The summed E-state index contributed by atoms with van der Waals surface area (Å²) in [6, 6.07) is 7.40. The molecule has 0 fully saturated rings. The summed E-state index contributed by atoms with van der Waals surface area (Å²) in [7, 11) is 0. The summed E-state index contributed by atoms with van der Waals surface area (Å²) in [5.41, 5.74) is 1.56. The summed E-state index contributed by atoms with van der Waals surface area (Å²) in [5.74, 6) is -2.83. The Labute approximate surface area is 180 Å². The highest BCUT2D eigenvalue weighted by atomic mass is 16.6. The maximum absolute atomic E-state index is 13.0. The van der Waals surface area contributed by atoms with Gasteiger partial charge in [0.25, 0.3) is 5.69 Å². The van der Waals surface area contributed by atoms with Crippen molar-refractivity contribution in [1.29, 1.82) is 5.26 Å². The smallest absolute Gasteiger partial charge is 0.336 e. The van der Waals surface area contributed by atoms with Gasteiger partial charge in [-0.1, -0.05) is 38.8 Å². The number of benzene rings is 1. The predicted octanol–water partition coefficient (Wildman–Crippen LogP) is 3.93. The summed E-state index contributed by atoms with van der Waals surface area (Å²) >= 11 is 0. The fourth-order valence-corrected chi connectivity index (χ4v) is 3.59. The van der Waals surface area contributed by atoms with Gasteiger partial charge in [0.15, 0.2) is 0 Å². The van der Waals surface area contributed by atoms with Crippen molar-refractivity contribution in [3.63, 3.8) is 0 Å². The summed E-state index contributed by atoms with van der Waals surface area (Å²) in [6.07, 6.45) is 2.36. The molecule has 1 aromatic carbocycles. The van der Waals surface area contributed by atoms with Crippen molar-refractivity contribution in [2.75, 3.05) is 6.61 Å². The minimum Gasteiger partial charge on any atom is -0.478 e. The lowest BCUT2D eigenvalue weighted by atomic mass is 9.79. The number of nitrogens with one attached hydrogen (secondary N) is 1. The van der Waals surface area contributed by atoms with Crippen molar-refractivity contribution in [3.05, 3.63) is 62.5 Å². The van der Waals surface area contributed by atoms with E-state index in [1.807, 2.05) is 19.9 Å². The zero-order chi connectivity index (χ0) is 23.0. The number of hydrogen-bond donors (Lipinski definition) is 2. The van der Waals surface area contributed by atoms with Crippen LogP contribution in [0.3, 0.4) is 0 Å². The first kappa shape index (κ1) is 23.6. The van der Waals surface area contributed by atoms with Crippen molar-refractivity contribution in [2.45, 2.75) is 51.9 Å². The fraction of sp³-hybridized carbons (Fsp3) is 0.409. The summed E-state index contributed by atoms with van der Waals surface area (Å²) in [6.45, 7) is 3.74. The van der Waals surface area contributed by atoms with Gasteiger partial charge < -0.3 is 15.2 Å². The van der Waals surface area contributed by atoms with E-state index in [9.17, 15) is 24.8 Å². The molecule has 0 bridgehead atoms. The molecule has 1 aliphatic rings. The van der Waals surface area contributed by atoms with Gasteiger partial charge in [0, 0.05) is 23.5 Å². The minimum absolute atomic E-state index is 0.0144. The molecule has 2 rings (SSSR count). The molecule has 9 nitrogen and oxygen atoms in total. The third-order valence-electron chi connectivity index (χ3n) is 4.86. The monoisotopic (exact) mass is 427 g/mol. The number of carbonyl (C=O) groups excluding carboxylic acids is 1. The van der Waals surface area contributed by atoms with Crippen LogP contribution in [0.2, 0.25) is 0 Å². The molecule has 9 heteroatoms. The van der Waals surface area contributed by atoms with Gasteiger partial charge in [0.2, 0.25) is 0 Å². The molecule has 164 valence electrons. The summed E-state index contributed by atoms with van der Waals surface area (Å²) in [4.78, 5) is 35.8.